The van der Waals surface area contributed by atoms with Gasteiger partial charge in [0.15, 0.2) is 12.5 Å². The van der Waals surface area contributed by atoms with Crippen molar-refractivity contribution in [3.63, 3.8) is 0 Å². The maximum Gasteiger partial charge on any atom is 0.220 e. The fraction of sp³-hybridized carbons (Fsp3) is 0.333. The lowest BCUT2D eigenvalue weighted by atomic mass is 9.97. The topological polar surface area (TPSA) is 74.6 Å². The molecule has 7 heteroatoms. The van der Waals surface area contributed by atoms with Gasteiger partial charge in [0.1, 0.15) is 12.4 Å². The van der Waals surface area contributed by atoms with Gasteiger partial charge in [-0.3, -0.25) is 9.36 Å². The Morgan fingerprint density at radius 1 is 1.18 bits per heavy atom. The van der Waals surface area contributed by atoms with Crippen molar-refractivity contribution in [3.05, 3.63) is 59.4 Å². The molecule has 0 aliphatic carbocycles. The maximum absolute atomic E-state index is 11.4. The highest BCUT2D eigenvalue weighted by Crippen LogP contribution is 2.19. The molecule has 1 amide bonds. The molecule has 2 heterocycles. The Hall–Kier alpha value is -2.57. The molecule has 1 saturated heterocycles. The largest absolute Gasteiger partial charge is 0.486 e. The summed E-state index contributed by atoms with van der Waals surface area (Å²) in [6.07, 6.45) is 1.68. The van der Waals surface area contributed by atoms with Crippen molar-refractivity contribution in [2.24, 2.45) is 11.7 Å². The highest BCUT2D eigenvalue weighted by molar-refractivity contribution is 6.30. The molecule has 3 aromatic rings. The number of primary amides is 1. The fourth-order valence-corrected chi connectivity index (χ4v) is 3.91. The number of benzene rings is 2. The first kappa shape index (κ1) is 18.8. The number of ether oxygens (including phenoxy) is 1. The molecule has 0 spiro atoms. The van der Waals surface area contributed by atoms with Crippen LogP contribution in [0.1, 0.15) is 18.7 Å². The summed E-state index contributed by atoms with van der Waals surface area (Å²) in [4.78, 5) is 17.6. The van der Waals surface area contributed by atoms with E-state index in [0.717, 1.165) is 55.2 Å². The average Bonchev–Trinajstić information content (AvgIpc) is 3.05. The van der Waals surface area contributed by atoms with E-state index in [9.17, 15) is 4.79 Å². The second kappa shape index (κ2) is 8.20. The van der Waals surface area contributed by atoms with E-state index in [-0.39, 0.29) is 11.8 Å². The molecule has 0 unspecified atom stereocenters. The maximum atomic E-state index is 11.4. The van der Waals surface area contributed by atoms with Crippen LogP contribution in [0.15, 0.2) is 48.5 Å². The first-order valence-corrected chi connectivity index (χ1v) is 9.93. The summed E-state index contributed by atoms with van der Waals surface area (Å²) in [5.74, 6) is 1.48. The van der Waals surface area contributed by atoms with Crippen molar-refractivity contribution in [2.75, 3.05) is 13.1 Å². The Morgan fingerprint density at radius 2 is 1.89 bits per heavy atom. The second-order valence-corrected chi connectivity index (χ2v) is 7.71. The van der Waals surface area contributed by atoms with E-state index in [0.29, 0.717) is 11.6 Å². The third kappa shape index (κ3) is 4.13. The van der Waals surface area contributed by atoms with Crippen molar-refractivity contribution >= 4 is 28.5 Å². The predicted octanol–water partition coefficient (Wildman–Crippen LogP) is 2.01. The molecule has 6 nitrogen and oxygen atoms in total. The normalized spacial score (nSPS) is 19.6. The molecule has 3 N–H and O–H groups in total. The number of quaternary nitrogens is 1. The van der Waals surface area contributed by atoms with Crippen LogP contribution in [0.25, 0.3) is 11.0 Å². The minimum Gasteiger partial charge on any atom is -0.486 e. The summed E-state index contributed by atoms with van der Waals surface area (Å²) >= 11 is 5.94. The lowest BCUT2D eigenvalue weighted by molar-refractivity contribution is -0.928. The Bertz CT molecular complexity index is 962. The van der Waals surface area contributed by atoms with Gasteiger partial charge >= 0.3 is 0 Å². The molecule has 2 aromatic carbocycles. The van der Waals surface area contributed by atoms with Gasteiger partial charge in [0, 0.05) is 23.8 Å². The van der Waals surface area contributed by atoms with Crippen LogP contribution in [0.4, 0.5) is 0 Å². The van der Waals surface area contributed by atoms with Gasteiger partial charge in [-0.25, -0.2) is 4.98 Å². The van der Waals surface area contributed by atoms with Crippen LogP contribution in [0.3, 0.4) is 0 Å². The van der Waals surface area contributed by atoms with Crippen LogP contribution in [0.5, 0.6) is 5.75 Å². The van der Waals surface area contributed by atoms with E-state index in [1.165, 1.54) is 4.90 Å². The lowest BCUT2D eigenvalue weighted by Gasteiger charge is -2.28. The zero-order valence-corrected chi connectivity index (χ0v) is 16.4. The lowest BCUT2D eigenvalue weighted by Crippen LogP contribution is -3.12. The fourth-order valence-electron chi connectivity index (χ4n) is 3.78. The summed E-state index contributed by atoms with van der Waals surface area (Å²) in [5, 5.41) is 0.683. The molecule has 1 aliphatic heterocycles. The molecular weight excluding hydrogens is 376 g/mol. The number of aromatic nitrogens is 2. The van der Waals surface area contributed by atoms with Gasteiger partial charge in [-0.05, 0) is 36.4 Å². The summed E-state index contributed by atoms with van der Waals surface area (Å²) < 4.78 is 8.17. The molecule has 4 rings (SSSR count). The molecule has 1 aliphatic rings. The SMILES string of the molecule is NC(=O)C1CC[NH+](Cn2c(COc3ccc(Cl)cc3)nc3ccccc32)CC1. The van der Waals surface area contributed by atoms with Crippen LogP contribution in [0, 0.1) is 5.92 Å². The van der Waals surface area contributed by atoms with Crippen LogP contribution in [0.2, 0.25) is 5.02 Å². The van der Waals surface area contributed by atoms with Gasteiger partial charge in [0.05, 0.1) is 24.1 Å². The number of fused-ring (bicyclic) bond motifs is 1. The molecule has 1 fully saturated rings. The van der Waals surface area contributed by atoms with Gasteiger partial charge in [-0.2, -0.15) is 0 Å². The summed E-state index contributed by atoms with van der Waals surface area (Å²) in [6, 6.07) is 15.5. The van der Waals surface area contributed by atoms with Crippen molar-refractivity contribution in [2.45, 2.75) is 26.1 Å². The first-order valence-electron chi connectivity index (χ1n) is 9.55. The van der Waals surface area contributed by atoms with E-state index in [1.807, 2.05) is 42.5 Å². The number of hydrogen-bond donors (Lipinski definition) is 2. The van der Waals surface area contributed by atoms with Crippen LogP contribution in [-0.4, -0.2) is 28.5 Å². The molecule has 28 heavy (non-hydrogen) atoms. The Labute approximate surface area is 168 Å². The van der Waals surface area contributed by atoms with Crippen molar-refractivity contribution < 1.29 is 14.4 Å². The zero-order valence-electron chi connectivity index (χ0n) is 15.6. The van der Waals surface area contributed by atoms with E-state index in [1.54, 1.807) is 0 Å². The molecular formula is C21H24ClN4O2+. The monoisotopic (exact) mass is 399 g/mol. The summed E-state index contributed by atoms with van der Waals surface area (Å²) in [6.45, 7) is 3.04. The molecule has 0 bridgehead atoms. The molecule has 0 atom stereocenters. The minimum absolute atomic E-state index is 0.0102. The number of imidazole rings is 1. The Balaban J connectivity index is 1.52. The highest BCUT2D eigenvalue weighted by Gasteiger charge is 2.26. The van der Waals surface area contributed by atoms with Gasteiger partial charge in [-0.1, -0.05) is 23.7 Å². The number of carbonyl (C=O) groups excluding carboxylic acids is 1. The summed E-state index contributed by atoms with van der Waals surface area (Å²) in [7, 11) is 0. The predicted molar refractivity (Wildman–Crippen MR) is 108 cm³/mol. The Morgan fingerprint density at radius 3 is 2.61 bits per heavy atom. The van der Waals surface area contributed by atoms with E-state index in [4.69, 9.17) is 27.1 Å². The van der Waals surface area contributed by atoms with Crippen LogP contribution in [-0.2, 0) is 18.1 Å². The number of amides is 1. The van der Waals surface area contributed by atoms with E-state index in [2.05, 4.69) is 10.6 Å². The van der Waals surface area contributed by atoms with Crippen LogP contribution >= 0.6 is 11.6 Å². The molecule has 146 valence electrons. The minimum atomic E-state index is -0.177. The number of nitrogens with zero attached hydrogens (tertiary/aromatic N) is 2. The number of likely N-dealkylation sites (tertiary alicyclic amines) is 1. The Kier molecular flexibility index (Phi) is 5.50. The number of nitrogens with two attached hydrogens (primary N) is 1. The average molecular weight is 400 g/mol. The zero-order chi connectivity index (χ0) is 19.5. The molecule has 0 radical (unpaired) electrons. The summed E-state index contributed by atoms with van der Waals surface area (Å²) in [5.41, 5.74) is 7.52. The third-order valence-corrected chi connectivity index (χ3v) is 5.64. The number of hydrogen-bond acceptors (Lipinski definition) is 3. The number of para-hydroxylation sites is 2. The van der Waals surface area contributed by atoms with Crippen molar-refractivity contribution in [1.82, 2.24) is 9.55 Å². The highest BCUT2D eigenvalue weighted by atomic mass is 35.5. The standard InChI is InChI=1S/C21H23ClN4O2/c22-16-5-7-17(8-6-16)28-13-20-24-18-3-1-2-4-19(18)26(20)14-25-11-9-15(10-12-25)21(23)27/h1-8,15H,9-14H2,(H2,23,27)/p+1. The second-order valence-electron chi connectivity index (χ2n) is 7.27. The first-order chi connectivity index (χ1) is 13.6. The van der Waals surface area contributed by atoms with E-state index >= 15 is 0 Å². The molecule has 1 aromatic heterocycles. The van der Waals surface area contributed by atoms with Gasteiger partial charge in [0.2, 0.25) is 5.91 Å². The smallest absolute Gasteiger partial charge is 0.220 e. The number of rotatable bonds is 6. The molecule has 0 saturated carbocycles. The van der Waals surface area contributed by atoms with Gasteiger partial charge in [0.25, 0.3) is 0 Å². The third-order valence-electron chi connectivity index (χ3n) is 5.39. The number of piperidine rings is 1. The number of carbonyl (C=O) groups is 1. The van der Waals surface area contributed by atoms with Crippen molar-refractivity contribution in [3.8, 4) is 5.75 Å². The number of halogens is 1. The van der Waals surface area contributed by atoms with Gasteiger partial charge in [-0.15, -0.1) is 0 Å². The quantitative estimate of drug-likeness (QED) is 0.665. The van der Waals surface area contributed by atoms with Crippen LogP contribution < -0.4 is 15.4 Å². The van der Waals surface area contributed by atoms with E-state index < -0.39 is 0 Å². The van der Waals surface area contributed by atoms with Crippen molar-refractivity contribution in [1.29, 1.82) is 0 Å². The number of nitrogens with one attached hydrogen (secondary N) is 1. The van der Waals surface area contributed by atoms with Gasteiger partial charge < -0.3 is 15.4 Å².